The molecule has 1 N–H and O–H groups in total. The normalized spacial score (nSPS) is 13.7. The zero-order valence-electron chi connectivity index (χ0n) is 12.4. The first-order chi connectivity index (χ1) is 9.74. The average molecular weight is 328 g/mol. The van der Waals surface area contributed by atoms with Gasteiger partial charge < -0.3 is 10.1 Å². The molecule has 21 heavy (non-hydrogen) atoms. The topological polar surface area (TPSA) is 39.1 Å². The molecule has 0 spiro atoms. The van der Waals surface area contributed by atoms with E-state index in [9.17, 15) is 13.2 Å². The summed E-state index contributed by atoms with van der Waals surface area (Å²) >= 11 is 6.17. The molecular formula is C13H21ClF3N3O. The summed E-state index contributed by atoms with van der Waals surface area (Å²) in [6.07, 6.45) is -2.96. The fraction of sp³-hybridized carbons (Fsp3) is 0.769. The van der Waals surface area contributed by atoms with Crippen LogP contribution in [0.2, 0.25) is 5.02 Å². The maximum atomic E-state index is 12.1. The number of aryl methyl sites for hydroxylation is 2. The Balaban J connectivity index is 2.64. The van der Waals surface area contributed by atoms with Gasteiger partial charge in [0.05, 0.1) is 23.0 Å². The number of hydrogen-bond donors (Lipinski definition) is 1. The second-order valence-electron chi connectivity index (χ2n) is 4.96. The van der Waals surface area contributed by atoms with E-state index in [1.807, 2.05) is 6.92 Å². The molecule has 0 aromatic carbocycles. The van der Waals surface area contributed by atoms with Crippen molar-refractivity contribution >= 4 is 11.6 Å². The van der Waals surface area contributed by atoms with E-state index in [0.717, 1.165) is 12.1 Å². The summed E-state index contributed by atoms with van der Waals surface area (Å²) in [6, 6.07) is -0.236. The Labute approximate surface area is 127 Å². The fourth-order valence-electron chi connectivity index (χ4n) is 1.99. The third-order valence-corrected chi connectivity index (χ3v) is 3.46. The van der Waals surface area contributed by atoms with Crippen molar-refractivity contribution in [1.29, 1.82) is 0 Å². The Morgan fingerprint density at radius 2 is 2.10 bits per heavy atom. The van der Waals surface area contributed by atoms with Gasteiger partial charge in [-0.2, -0.15) is 18.3 Å². The van der Waals surface area contributed by atoms with Crippen LogP contribution in [0, 0.1) is 6.92 Å². The number of nitrogens with one attached hydrogen (secondary N) is 1. The van der Waals surface area contributed by atoms with Crippen LogP contribution in [0.3, 0.4) is 0 Å². The molecule has 1 unspecified atom stereocenters. The summed E-state index contributed by atoms with van der Waals surface area (Å²) in [5, 5.41) is 7.93. The lowest BCUT2D eigenvalue weighted by atomic mass is 10.1. The molecule has 1 aromatic rings. The Hall–Kier alpha value is -0.790. The lowest BCUT2D eigenvalue weighted by molar-refractivity contribution is -0.175. The van der Waals surface area contributed by atoms with Crippen LogP contribution < -0.4 is 5.32 Å². The third-order valence-electron chi connectivity index (χ3n) is 2.97. The highest BCUT2D eigenvalue weighted by molar-refractivity contribution is 6.31. The molecule has 122 valence electrons. The van der Waals surface area contributed by atoms with E-state index in [1.54, 1.807) is 18.7 Å². The molecule has 0 fully saturated rings. The van der Waals surface area contributed by atoms with Gasteiger partial charge in [0.2, 0.25) is 0 Å². The van der Waals surface area contributed by atoms with Gasteiger partial charge in [0.15, 0.2) is 0 Å². The van der Waals surface area contributed by atoms with Gasteiger partial charge in [-0.1, -0.05) is 18.5 Å². The summed E-state index contributed by atoms with van der Waals surface area (Å²) in [4.78, 5) is 0. The highest BCUT2D eigenvalue weighted by atomic mass is 35.5. The Bertz CT molecular complexity index is 449. The molecule has 0 saturated heterocycles. The van der Waals surface area contributed by atoms with Crippen LogP contribution in [0.4, 0.5) is 13.2 Å². The summed E-state index contributed by atoms with van der Waals surface area (Å²) in [7, 11) is 1.77. The van der Waals surface area contributed by atoms with E-state index in [2.05, 4.69) is 10.4 Å². The number of nitrogens with zero attached hydrogens (tertiary/aromatic N) is 2. The molecule has 4 nitrogen and oxygen atoms in total. The summed E-state index contributed by atoms with van der Waals surface area (Å²) in [6.45, 7) is 3.21. The van der Waals surface area contributed by atoms with Gasteiger partial charge in [-0.3, -0.25) is 4.68 Å². The fourth-order valence-corrected chi connectivity index (χ4v) is 2.23. The van der Waals surface area contributed by atoms with Crippen molar-refractivity contribution in [3.8, 4) is 0 Å². The van der Waals surface area contributed by atoms with Crippen molar-refractivity contribution in [2.45, 2.75) is 38.9 Å². The number of ether oxygens (including phenoxy) is 1. The molecular weight excluding hydrogens is 307 g/mol. The van der Waals surface area contributed by atoms with E-state index in [4.69, 9.17) is 16.3 Å². The largest absolute Gasteiger partial charge is 0.411 e. The van der Waals surface area contributed by atoms with Crippen molar-refractivity contribution in [2.24, 2.45) is 7.05 Å². The highest BCUT2D eigenvalue weighted by Crippen LogP contribution is 2.21. The molecule has 0 aliphatic rings. The van der Waals surface area contributed by atoms with Crippen molar-refractivity contribution in [2.75, 3.05) is 19.8 Å². The van der Waals surface area contributed by atoms with Crippen LogP contribution in [0.25, 0.3) is 0 Å². The van der Waals surface area contributed by atoms with Crippen LogP contribution in [0.5, 0.6) is 0 Å². The minimum Gasteiger partial charge on any atom is -0.370 e. The minimum atomic E-state index is -4.31. The quantitative estimate of drug-likeness (QED) is 0.798. The lowest BCUT2D eigenvalue weighted by Gasteiger charge is -2.19. The molecule has 0 amide bonds. The zero-order chi connectivity index (χ0) is 16.0. The van der Waals surface area contributed by atoms with Crippen LogP contribution in [-0.2, 0) is 18.2 Å². The van der Waals surface area contributed by atoms with E-state index < -0.39 is 12.8 Å². The van der Waals surface area contributed by atoms with Crippen molar-refractivity contribution in [3.63, 3.8) is 0 Å². The van der Waals surface area contributed by atoms with Crippen LogP contribution in [0.15, 0.2) is 0 Å². The first kappa shape index (κ1) is 18.3. The van der Waals surface area contributed by atoms with Crippen molar-refractivity contribution in [3.05, 3.63) is 16.4 Å². The molecule has 0 aliphatic carbocycles. The Morgan fingerprint density at radius 1 is 1.43 bits per heavy atom. The van der Waals surface area contributed by atoms with Crippen LogP contribution >= 0.6 is 11.6 Å². The number of aromatic nitrogens is 2. The predicted molar refractivity (Wildman–Crippen MR) is 75.6 cm³/mol. The number of rotatable bonds is 8. The van der Waals surface area contributed by atoms with Crippen LogP contribution in [0.1, 0.15) is 24.7 Å². The van der Waals surface area contributed by atoms with Gasteiger partial charge in [-0.05, 0) is 19.9 Å². The van der Waals surface area contributed by atoms with Crippen molar-refractivity contribution in [1.82, 2.24) is 15.1 Å². The molecule has 0 radical (unpaired) electrons. The highest BCUT2D eigenvalue weighted by Gasteiger charge is 2.28. The van der Waals surface area contributed by atoms with Crippen molar-refractivity contribution < 1.29 is 17.9 Å². The number of halogens is 4. The van der Waals surface area contributed by atoms with Gasteiger partial charge in [0.25, 0.3) is 0 Å². The summed E-state index contributed by atoms with van der Waals surface area (Å²) in [5.74, 6) is 0. The van der Waals surface area contributed by atoms with E-state index in [0.29, 0.717) is 23.7 Å². The predicted octanol–water partition coefficient (Wildman–Crippen LogP) is 2.87. The van der Waals surface area contributed by atoms with Gasteiger partial charge in [0, 0.05) is 19.5 Å². The molecule has 8 heteroatoms. The smallest absolute Gasteiger partial charge is 0.370 e. The molecule has 1 rings (SSSR count). The van der Waals surface area contributed by atoms with E-state index in [-0.39, 0.29) is 12.6 Å². The summed E-state index contributed by atoms with van der Waals surface area (Å²) < 4.78 is 42.8. The average Bonchev–Trinajstić information content (AvgIpc) is 2.60. The standard InChI is InChI=1S/C13H21ClF3N3O/c1-4-5-18-10(7-21-8-13(15,16)17)6-11-12(14)9(2)19-20(11)3/h10,18H,4-8H2,1-3H3. The first-order valence-electron chi connectivity index (χ1n) is 6.80. The summed E-state index contributed by atoms with van der Waals surface area (Å²) in [5.41, 5.74) is 1.50. The maximum absolute atomic E-state index is 12.1. The minimum absolute atomic E-state index is 0.0277. The number of alkyl halides is 3. The third kappa shape index (κ3) is 6.23. The monoisotopic (exact) mass is 327 g/mol. The maximum Gasteiger partial charge on any atom is 0.411 e. The van der Waals surface area contributed by atoms with Gasteiger partial charge >= 0.3 is 6.18 Å². The van der Waals surface area contributed by atoms with Gasteiger partial charge in [0.1, 0.15) is 6.61 Å². The molecule has 1 aromatic heterocycles. The zero-order valence-corrected chi connectivity index (χ0v) is 13.2. The van der Waals surface area contributed by atoms with Gasteiger partial charge in [-0.25, -0.2) is 0 Å². The molecule has 0 bridgehead atoms. The SMILES string of the molecule is CCCNC(COCC(F)(F)F)Cc1c(Cl)c(C)nn1C. The number of hydrogen-bond acceptors (Lipinski definition) is 3. The molecule has 0 saturated carbocycles. The molecule has 1 atom stereocenters. The van der Waals surface area contributed by atoms with Gasteiger partial charge in [-0.15, -0.1) is 0 Å². The second-order valence-corrected chi connectivity index (χ2v) is 5.33. The van der Waals surface area contributed by atoms with E-state index in [1.165, 1.54) is 0 Å². The Kier molecular flexibility index (Phi) is 6.96. The van der Waals surface area contributed by atoms with E-state index >= 15 is 0 Å². The first-order valence-corrected chi connectivity index (χ1v) is 7.18. The van der Waals surface area contributed by atoms with Crippen LogP contribution in [-0.4, -0.2) is 41.8 Å². The lowest BCUT2D eigenvalue weighted by Crippen LogP contribution is -2.37. The molecule has 0 aliphatic heterocycles. The molecule has 1 heterocycles. The Morgan fingerprint density at radius 3 is 2.57 bits per heavy atom. The second kappa shape index (κ2) is 8.00.